The second kappa shape index (κ2) is 4.53. The monoisotopic (exact) mass is 182 g/mol. The van der Waals surface area contributed by atoms with Gasteiger partial charge in [-0.1, -0.05) is 6.07 Å². The van der Waals surface area contributed by atoms with Crippen molar-refractivity contribution in [3.63, 3.8) is 0 Å². The fourth-order valence-electron chi connectivity index (χ4n) is 0.967. The summed E-state index contributed by atoms with van der Waals surface area (Å²) in [6.07, 6.45) is 0. The van der Waals surface area contributed by atoms with E-state index >= 15 is 0 Å². The van der Waals surface area contributed by atoms with Crippen LogP contribution in [0.2, 0.25) is 0 Å². The quantitative estimate of drug-likeness (QED) is 0.724. The molecule has 0 amide bonds. The molecule has 0 aliphatic heterocycles. The van der Waals surface area contributed by atoms with Crippen LogP contribution in [0.25, 0.3) is 0 Å². The van der Waals surface area contributed by atoms with Crippen molar-refractivity contribution in [2.24, 2.45) is 0 Å². The van der Waals surface area contributed by atoms with Crippen LogP contribution < -0.4 is 0 Å². The first-order chi connectivity index (χ1) is 5.74. The normalized spacial score (nSPS) is 10.2. The van der Waals surface area contributed by atoms with Crippen LogP contribution in [-0.2, 0) is 0 Å². The molecule has 1 nitrogen and oxygen atoms in total. The first-order valence-corrected chi connectivity index (χ1v) is 5.03. The summed E-state index contributed by atoms with van der Waals surface area (Å²) in [6.45, 7) is 4.46. The van der Waals surface area contributed by atoms with Gasteiger partial charge in [0.2, 0.25) is 0 Å². The number of rotatable bonds is 3. The van der Waals surface area contributed by atoms with Gasteiger partial charge in [0.1, 0.15) is 0 Å². The van der Waals surface area contributed by atoms with Gasteiger partial charge in [-0.25, -0.2) is 0 Å². The average molecular weight is 182 g/mol. The molecule has 0 aliphatic rings. The summed E-state index contributed by atoms with van der Waals surface area (Å²) in [5.74, 6) is 0.780. The lowest BCUT2D eigenvalue weighted by Gasteiger charge is -2.03. The van der Waals surface area contributed by atoms with Crippen LogP contribution in [0.4, 0.5) is 0 Å². The summed E-state index contributed by atoms with van der Waals surface area (Å²) in [4.78, 5) is 1.24. The average Bonchev–Trinajstić information content (AvgIpc) is 2.07. The molecule has 0 atom stereocenters. The van der Waals surface area contributed by atoms with Crippen molar-refractivity contribution in [1.29, 1.82) is 0 Å². The molecule has 0 heterocycles. The number of aliphatic hydroxyl groups is 1. The maximum Gasteiger partial charge on any atom is 0.0525 e. The predicted molar refractivity (Wildman–Crippen MR) is 53.7 cm³/mol. The Morgan fingerprint density at radius 2 is 2.00 bits per heavy atom. The molecule has 1 aromatic rings. The Hall–Kier alpha value is -0.470. The molecule has 0 fully saturated rings. The van der Waals surface area contributed by atoms with E-state index in [9.17, 15) is 0 Å². The molecule has 0 spiro atoms. The van der Waals surface area contributed by atoms with Crippen molar-refractivity contribution in [2.45, 2.75) is 18.7 Å². The van der Waals surface area contributed by atoms with Gasteiger partial charge < -0.3 is 5.11 Å². The Balaban J connectivity index is 2.69. The van der Waals surface area contributed by atoms with Gasteiger partial charge in [-0.15, -0.1) is 11.8 Å². The van der Waals surface area contributed by atoms with Crippen LogP contribution in [0.5, 0.6) is 0 Å². The highest BCUT2D eigenvalue weighted by atomic mass is 32.2. The lowest BCUT2D eigenvalue weighted by atomic mass is 10.1. The third-order valence-electron chi connectivity index (χ3n) is 1.84. The van der Waals surface area contributed by atoms with E-state index in [0.29, 0.717) is 0 Å². The molecular weight excluding hydrogens is 168 g/mol. The minimum Gasteiger partial charge on any atom is -0.396 e. The smallest absolute Gasteiger partial charge is 0.0525 e. The largest absolute Gasteiger partial charge is 0.396 e. The molecule has 1 rings (SSSR count). The molecule has 0 unspecified atom stereocenters. The van der Waals surface area contributed by atoms with Crippen LogP contribution in [0.15, 0.2) is 23.1 Å². The maximum absolute atomic E-state index is 8.63. The zero-order valence-electron chi connectivity index (χ0n) is 7.50. The van der Waals surface area contributed by atoms with E-state index in [-0.39, 0.29) is 6.61 Å². The maximum atomic E-state index is 8.63. The number of hydrogen-bond acceptors (Lipinski definition) is 2. The van der Waals surface area contributed by atoms with Crippen LogP contribution in [-0.4, -0.2) is 17.5 Å². The van der Waals surface area contributed by atoms with Gasteiger partial charge in [0.05, 0.1) is 6.61 Å². The van der Waals surface area contributed by atoms with Crippen LogP contribution in [0.1, 0.15) is 11.1 Å². The lowest BCUT2D eigenvalue weighted by Crippen LogP contribution is -1.86. The number of aryl methyl sites for hydroxylation is 2. The van der Waals surface area contributed by atoms with E-state index in [4.69, 9.17) is 5.11 Å². The van der Waals surface area contributed by atoms with E-state index in [1.807, 2.05) is 0 Å². The van der Waals surface area contributed by atoms with Crippen molar-refractivity contribution >= 4 is 11.8 Å². The summed E-state index contributed by atoms with van der Waals surface area (Å²) >= 11 is 1.69. The van der Waals surface area contributed by atoms with Gasteiger partial charge in [-0.2, -0.15) is 0 Å². The first-order valence-electron chi connectivity index (χ1n) is 4.05. The summed E-state index contributed by atoms with van der Waals surface area (Å²) in [7, 11) is 0. The van der Waals surface area contributed by atoms with Crippen molar-refractivity contribution in [1.82, 2.24) is 0 Å². The highest BCUT2D eigenvalue weighted by Crippen LogP contribution is 2.20. The minimum atomic E-state index is 0.248. The van der Waals surface area contributed by atoms with Gasteiger partial charge >= 0.3 is 0 Å². The Morgan fingerprint density at radius 1 is 1.25 bits per heavy atom. The summed E-state index contributed by atoms with van der Waals surface area (Å²) in [5.41, 5.74) is 2.64. The van der Waals surface area contributed by atoms with E-state index < -0.39 is 0 Å². The zero-order valence-corrected chi connectivity index (χ0v) is 8.32. The molecule has 66 valence electrons. The Bertz CT molecular complexity index is 258. The van der Waals surface area contributed by atoms with Crippen molar-refractivity contribution in [3.05, 3.63) is 29.3 Å². The fourth-order valence-corrected chi connectivity index (χ4v) is 1.72. The Kier molecular flexibility index (Phi) is 3.63. The third kappa shape index (κ3) is 2.54. The van der Waals surface area contributed by atoms with Crippen molar-refractivity contribution in [3.8, 4) is 0 Å². The van der Waals surface area contributed by atoms with Crippen LogP contribution in [0.3, 0.4) is 0 Å². The minimum absolute atomic E-state index is 0.248. The summed E-state index contributed by atoms with van der Waals surface area (Å²) in [6, 6.07) is 6.38. The lowest BCUT2D eigenvalue weighted by molar-refractivity contribution is 0.322. The number of hydrogen-bond donors (Lipinski definition) is 1. The van der Waals surface area contributed by atoms with Gasteiger partial charge in [0.15, 0.2) is 0 Å². The first kappa shape index (κ1) is 9.62. The molecule has 0 bridgehead atoms. The van der Waals surface area contributed by atoms with Crippen LogP contribution in [0, 0.1) is 13.8 Å². The SMILES string of the molecule is Cc1ccc(SCCO)cc1C. The topological polar surface area (TPSA) is 20.2 Å². The second-order valence-electron chi connectivity index (χ2n) is 2.82. The number of thioether (sulfide) groups is 1. The van der Waals surface area contributed by atoms with E-state index in [0.717, 1.165) is 5.75 Å². The highest BCUT2D eigenvalue weighted by molar-refractivity contribution is 7.99. The molecule has 0 saturated heterocycles. The van der Waals surface area contributed by atoms with Gasteiger partial charge in [-0.3, -0.25) is 0 Å². The molecule has 12 heavy (non-hydrogen) atoms. The Morgan fingerprint density at radius 3 is 2.58 bits per heavy atom. The molecule has 0 saturated carbocycles. The molecular formula is C10H14OS. The fraction of sp³-hybridized carbons (Fsp3) is 0.400. The van der Waals surface area contributed by atoms with Gasteiger partial charge in [0.25, 0.3) is 0 Å². The molecule has 0 aliphatic carbocycles. The van der Waals surface area contributed by atoms with E-state index in [1.165, 1.54) is 16.0 Å². The van der Waals surface area contributed by atoms with E-state index in [1.54, 1.807) is 11.8 Å². The van der Waals surface area contributed by atoms with E-state index in [2.05, 4.69) is 32.0 Å². The van der Waals surface area contributed by atoms with Gasteiger partial charge in [0, 0.05) is 10.6 Å². The van der Waals surface area contributed by atoms with Crippen molar-refractivity contribution < 1.29 is 5.11 Å². The Labute approximate surface area is 77.8 Å². The third-order valence-corrected chi connectivity index (χ3v) is 2.81. The summed E-state index contributed by atoms with van der Waals surface area (Å²) < 4.78 is 0. The molecule has 2 heteroatoms. The molecule has 0 aromatic heterocycles. The number of benzene rings is 1. The zero-order chi connectivity index (χ0) is 8.97. The predicted octanol–water partition coefficient (Wildman–Crippen LogP) is 2.39. The summed E-state index contributed by atoms with van der Waals surface area (Å²) in [5, 5.41) is 8.63. The van der Waals surface area contributed by atoms with Crippen LogP contribution >= 0.6 is 11.8 Å². The number of aliphatic hydroxyl groups excluding tert-OH is 1. The second-order valence-corrected chi connectivity index (χ2v) is 3.99. The molecule has 1 N–H and O–H groups in total. The molecule has 0 radical (unpaired) electrons. The van der Waals surface area contributed by atoms with Gasteiger partial charge in [-0.05, 0) is 37.1 Å². The highest BCUT2D eigenvalue weighted by Gasteiger charge is 1.95. The molecule has 1 aromatic carbocycles. The standard InChI is InChI=1S/C10H14OS/c1-8-3-4-10(7-9(8)2)12-6-5-11/h3-4,7,11H,5-6H2,1-2H3. The van der Waals surface area contributed by atoms with Crippen molar-refractivity contribution in [2.75, 3.05) is 12.4 Å².